The van der Waals surface area contributed by atoms with Crippen LogP contribution >= 0.6 is 0 Å². The van der Waals surface area contributed by atoms with E-state index in [1.165, 1.54) is 27.6 Å². The van der Waals surface area contributed by atoms with E-state index in [1.807, 2.05) is 6.07 Å². The van der Waals surface area contributed by atoms with E-state index >= 15 is 0 Å². The van der Waals surface area contributed by atoms with Gasteiger partial charge < -0.3 is 9.47 Å². The molecule has 0 atom stereocenters. The summed E-state index contributed by atoms with van der Waals surface area (Å²) >= 11 is 0. The van der Waals surface area contributed by atoms with Crippen LogP contribution in [0.1, 0.15) is 50.7 Å². The summed E-state index contributed by atoms with van der Waals surface area (Å²) in [6.07, 6.45) is 0. The highest BCUT2D eigenvalue weighted by Gasteiger charge is 2.19. The molecule has 2 heteroatoms. The van der Waals surface area contributed by atoms with E-state index in [-0.39, 0.29) is 0 Å². The maximum Gasteiger partial charge on any atom is 0.130 e. The number of hydrogen-bond donors (Lipinski definition) is 0. The molecule has 0 spiro atoms. The Morgan fingerprint density at radius 3 is 1.73 bits per heavy atom. The Balaban J connectivity index is 2.45. The Morgan fingerprint density at radius 2 is 1.19 bits per heavy atom. The number of rotatable bonds is 5. The monoisotopic (exact) mass is 348 g/mol. The van der Waals surface area contributed by atoms with Crippen LogP contribution in [0.5, 0.6) is 11.5 Å². The van der Waals surface area contributed by atoms with Crippen LogP contribution in [-0.4, -0.2) is 14.2 Å². The van der Waals surface area contributed by atoms with Crippen molar-refractivity contribution < 1.29 is 9.47 Å². The average molecular weight is 348 g/mol. The van der Waals surface area contributed by atoms with Gasteiger partial charge in [-0.3, -0.25) is 0 Å². The number of hydrogen-bond acceptors (Lipinski definition) is 2. The lowest BCUT2D eigenvalue weighted by molar-refractivity contribution is 0.405. The third kappa shape index (κ3) is 3.05. The zero-order valence-electron chi connectivity index (χ0n) is 16.6. The fourth-order valence-corrected chi connectivity index (χ4v) is 3.76. The van der Waals surface area contributed by atoms with Crippen LogP contribution < -0.4 is 9.47 Å². The highest BCUT2D eigenvalue weighted by Crippen LogP contribution is 2.44. The van der Waals surface area contributed by atoms with Crippen molar-refractivity contribution in [3.8, 4) is 22.6 Å². The molecule has 0 unspecified atom stereocenters. The molecule has 0 heterocycles. The molecule has 0 aromatic heterocycles. The second kappa shape index (κ2) is 7.41. The lowest BCUT2D eigenvalue weighted by Gasteiger charge is -2.22. The zero-order valence-corrected chi connectivity index (χ0v) is 16.6. The summed E-state index contributed by atoms with van der Waals surface area (Å²) in [4.78, 5) is 0. The topological polar surface area (TPSA) is 18.5 Å². The molecule has 3 aromatic carbocycles. The maximum absolute atomic E-state index is 5.64. The van der Waals surface area contributed by atoms with Gasteiger partial charge in [-0.15, -0.1) is 0 Å². The Hall–Kier alpha value is -2.48. The molecule has 3 rings (SSSR count). The minimum Gasteiger partial charge on any atom is -0.496 e. The van der Waals surface area contributed by atoms with Gasteiger partial charge in [-0.1, -0.05) is 64.1 Å². The van der Waals surface area contributed by atoms with E-state index in [0.717, 1.165) is 16.9 Å². The van der Waals surface area contributed by atoms with Gasteiger partial charge in [-0.05, 0) is 51.6 Å². The fourth-order valence-electron chi connectivity index (χ4n) is 3.76. The van der Waals surface area contributed by atoms with E-state index in [4.69, 9.17) is 9.47 Å². The van der Waals surface area contributed by atoms with E-state index in [0.29, 0.717) is 11.8 Å². The Labute approximate surface area is 156 Å². The van der Waals surface area contributed by atoms with E-state index in [9.17, 15) is 0 Å². The number of benzene rings is 3. The van der Waals surface area contributed by atoms with Gasteiger partial charge in [0.2, 0.25) is 0 Å². The summed E-state index contributed by atoms with van der Waals surface area (Å²) in [7, 11) is 3.42. The maximum atomic E-state index is 5.64. The summed E-state index contributed by atoms with van der Waals surface area (Å²) in [6.45, 7) is 9.04. The first-order valence-electron chi connectivity index (χ1n) is 9.26. The lowest BCUT2D eigenvalue weighted by atomic mass is 9.83. The van der Waals surface area contributed by atoms with Gasteiger partial charge in [0.05, 0.1) is 19.6 Å². The summed E-state index contributed by atoms with van der Waals surface area (Å²) in [5.74, 6) is 2.58. The quantitative estimate of drug-likeness (QED) is 0.506. The van der Waals surface area contributed by atoms with Crippen LogP contribution in [0.3, 0.4) is 0 Å². The Morgan fingerprint density at radius 1 is 0.654 bits per heavy atom. The number of methoxy groups -OCH3 is 2. The van der Waals surface area contributed by atoms with Gasteiger partial charge in [-0.25, -0.2) is 0 Å². The highest BCUT2D eigenvalue weighted by atomic mass is 16.5. The molecule has 0 aliphatic heterocycles. The fraction of sp³-hybridized carbons (Fsp3) is 0.333. The SMILES string of the molecule is COc1cccc2c(-c3c(C(C)C)cccc3C(C)C)ccc(OC)c12. The predicted octanol–water partition coefficient (Wildman–Crippen LogP) is 6.77. The van der Waals surface area contributed by atoms with Gasteiger partial charge in [-0.2, -0.15) is 0 Å². The molecule has 0 fully saturated rings. The van der Waals surface area contributed by atoms with Crippen LogP contribution in [-0.2, 0) is 0 Å². The molecular weight excluding hydrogens is 320 g/mol. The third-order valence-electron chi connectivity index (χ3n) is 5.05. The van der Waals surface area contributed by atoms with Crippen LogP contribution in [0.2, 0.25) is 0 Å². The third-order valence-corrected chi connectivity index (χ3v) is 5.05. The number of ether oxygens (including phenoxy) is 2. The predicted molar refractivity (Wildman–Crippen MR) is 111 cm³/mol. The second-order valence-corrected chi connectivity index (χ2v) is 7.32. The van der Waals surface area contributed by atoms with Gasteiger partial charge in [0.1, 0.15) is 11.5 Å². The summed E-state index contributed by atoms with van der Waals surface area (Å²) < 4.78 is 11.3. The molecule has 3 aromatic rings. The smallest absolute Gasteiger partial charge is 0.130 e. The van der Waals surface area contributed by atoms with E-state index in [2.05, 4.69) is 70.2 Å². The minimum atomic E-state index is 0.450. The largest absolute Gasteiger partial charge is 0.496 e. The number of fused-ring (bicyclic) bond motifs is 1. The van der Waals surface area contributed by atoms with Crippen LogP contribution in [0, 0.1) is 0 Å². The first-order chi connectivity index (χ1) is 12.5. The van der Waals surface area contributed by atoms with Crippen LogP contribution in [0.25, 0.3) is 21.9 Å². The molecule has 26 heavy (non-hydrogen) atoms. The van der Waals surface area contributed by atoms with Crippen molar-refractivity contribution in [1.29, 1.82) is 0 Å². The van der Waals surface area contributed by atoms with Gasteiger partial charge in [0.15, 0.2) is 0 Å². The molecule has 0 aliphatic rings. The van der Waals surface area contributed by atoms with Crippen molar-refractivity contribution in [3.05, 3.63) is 59.7 Å². The van der Waals surface area contributed by atoms with Crippen molar-refractivity contribution in [3.63, 3.8) is 0 Å². The van der Waals surface area contributed by atoms with E-state index < -0.39 is 0 Å². The summed E-state index contributed by atoms with van der Waals surface area (Å²) in [6, 6.07) is 17.1. The standard InChI is InChI=1S/C24H28O2/c1-15(2)17-9-7-10-18(16(3)4)23(17)20-13-14-22(26-6)24-19(20)11-8-12-21(24)25-5/h7-16H,1-6H3. The molecule has 136 valence electrons. The minimum absolute atomic E-state index is 0.450. The van der Waals surface area contributed by atoms with Crippen molar-refractivity contribution in [2.45, 2.75) is 39.5 Å². The van der Waals surface area contributed by atoms with Crippen molar-refractivity contribution in [2.75, 3.05) is 14.2 Å². The first kappa shape index (κ1) is 18.3. The van der Waals surface area contributed by atoms with E-state index in [1.54, 1.807) is 14.2 Å². The first-order valence-corrected chi connectivity index (χ1v) is 9.26. The molecule has 0 saturated carbocycles. The zero-order chi connectivity index (χ0) is 18.8. The van der Waals surface area contributed by atoms with Crippen molar-refractivity contribution in [2.24, 2.45) is 0 Å². The lowest BCUT2D eigenvalue weighted by Crippen LogP contribution is -2.01. The molecule has 0 amide bonds. The van der Waals surface area contributed by atoms with Gasteiger partial charge in [0.25, 0.3) is 0 Å². The molecule has 0 radical (unpaired) electrons. The summed E-state index contributed by atoms with van der Waals surface area (Å²) in [5, 5.41) is 2.20. The normalized spacial score (nSPS) is 11.4. The average Bonchev–Trinajstić information content (AvgIpc) is 2.65. The van der Waals surface area contributed by atoms with Gasteiger partial charge in [0, 0.05) is 0 Å². The molecule has 0 N–H and O–H groups in total. The molecule has 0 saturated heterocycles. The second-order valence-electron chi connectivity index (χ2n) is 7.32. The van der Waals surface area contributed by atoms with Gasteiger partial charge >= 0.3 is 0 Å². The van der Waals surface area contributed by atoms with Crippen molar-refractivity contribution >= 4 is 10.8 Å². The molecule has 0 aliphatic carbocycles. The Kier molecular flexibility index (Phi) is 5.22. The molecule has 2 nitrogen and oxygen atoms in total. The molecule has 0 bridgehead atoms. The Bertz CT molecular complexity index is 886. The highest BCUT2D eigenvalue weighted by molar-refractivity contribution is 6.04. The molecular formula is C24H28O2. The van der Waals surface area contributed by atoms with Crippen LogP contribution in [0.4, 0.5) is 0 Å². The van der Waals surface area contributed by atoms with Crippen molar-refractivity contribution in [1.82, 2.24) is 0 Å². The van der Waals surface area contributed by atoms with Crippen LogP contribution in [0.15, 0.2) is 48.5 Å². The summed E-state index contributed by atoms with van der Waals surface area (Å²) in [5.41, 5.74) is 5.35.